The highest BCUT2D eigenvalue weighted by atomic mass is 35.5. The molecule has 0 bridgehead atoms. The van der Waals surface area contributed by atoms with E-state index in [1.165, 1.54) is 23.3 Å². The molecule has 5 rings (SSSR count). The van der Waals surface area contributed by atoms with Crippen LogP contribution in [0.3, 0.4) is 0 Å². The van der Waals surface area contributed by atoms with E-state index >= 15 is 0 Å². The first kappa shape index (κ1) is 21.1. The SMILES string of the molecule is Cc1cc2c(NCCCc3ccc(-c4cnc(N5CCCC5)cn4)cc3)nc(Cl)nc2s1. The van der Waals surface area contributed by atoms with Crippen molar-refractivity contribution in [3.8, 4) is 11.3 Å². The third-order valence-corrected chi connectivity index (χ3v) is 6.85. The first-order valence-corrected chi connectivity index (χ1v) is 12.2. The summed E-state index contributed by atoms with van der Waals surface area (Å²) in [7, 11) is 0. The highest BCUT2D eigenvalue weighted by molar-refractivity contribution is 7.18. The Hall–Kier alpha value is -2.77. The molecule has 0 spiro atoms. The van der Waals surface area contributed by atoms with E-state index in [2.05, 4.69) is 67.4 Å². The Kier molecular flexibility index (Phi) is 6.19. The summed E-state index contributed by atoms with van der Waals surface area (Å²) in [4.78, 5) is 22.4. The van der Waals surface area contributed by atoms with Crippen molar-refractivity contribution in [1.29, 1.82) is 0 Å². The zero-order valence-electron chi connectivity index (χ0n) is 18.0. The van der Waals surface area contributed by atoms with Crippen LogP contribution < -0.4 is 10.2 Å². The molecule has 3 aromatic heterocycles. The summed E-state index contributed by atoms with van der Waals surface area (Å²) in [5.74, 6) is 1.80. The van der Waals surface area contributed by atoms with Gasteiger partial charge in [-0.05, 0) is 55.8 Å². The van der Waals surface area contributed by atoms with Crippen LogP contribution in [0.2, 0.25) is 5.28 Å². The highest BCUT2D eigenvalue weighted by Gasteiger charge is 2.14. The van der Waals surface area contributed by atoms with Gasteiger partial charge in [-0.15, -0.1) is 11.3 Å². The lowest BCUT2D eigenvalue weighted by atomic mass is 10.1. The van der Waals surface area contributed by atoms with Gasteiger partial charge in [0.2, 0.25) is 5.28 Å². The molecular formula is C24H25ClN6S. The van der Waals surface area contributed by atoms with Crippen LogP contribution in [0.5, 0.6) is 0 Å². The predicted molar refractivity (Wildman–Crippen MR) is 133 cm³/mol. The molecule has 164 valence electrons. The Balaban J connectivity index is 1.16. The van der Waals surface area contributed by atoms with Gasteiger partial charge in [-0.2, -0.15) is 0 Å². The largest absolute Gasteiger partial charge is 0.369 e. The predicted octanol–water partition coefficient (Wildman–Crippen LogP) is 5.76. The Labute approximate surface area is 196 Å². The van der Waals surface area contributed by atoms with Crippen LogP contribution in [0.1, 0.15) is 29.7 Å². The fourth-order valence-corrected chi connectivity index (χ4v) is 5.17. The average molecular weight is 465 g/mol. The second-order valence-corrected chi connectivity index (χ2v) is 9.67. The molecule has 4 heterocycles. The molecule has 1 aliphatic rings. The lowest BCUT2D eigenvalue weighted by Gasteiger charge is -2.15. The average Bonchev–Trinajstić information content (AvgIpc) is 3.47. The van der Waals surface area contributed by atoms with Crippen LogP contribution in [0, 0.1) is 6.92 Å². The van der Waals surface area contributed by atoms with Gasteiger partial charge >= 0.3 is 0 Å². The monoisotopic (exact) mass is 464 g/mol. The van der Waals surface area contributed by atoms with Crippen LogP contribution in [-0.4, -0.2) is 39.6 Å². The van der Waals surface area contributed by atoms with E-state index in [9.17, 15) is 0 Å². The summed E-state index contributed by atoms with van der Waals surface area (Å²) in [6.07, 6.45) is 8.24. The van der Waals surface area contributed by atoms with Gasteiger partial charge in [0.05, 0.1) is 23.5 Å². The van der Waals surface area contributed by atoms with E-state index in [1.54, 1.807) is 11.3 Å². The molecule has 0 amide bonds. The topological polar surface area (TPSA) is 66.8 Å². The number of nitrogens with zero attached hydrogens (tertiary/aromatic N) is 5. The standard InChI is InChI=1S/C24H25ClN6S/c1-16-13-19-22(29-24(25)30-23(19)32-16)26-10-4-5-17-6-8-18(9-7-17)20-14-28-21(15-27-20)31-11-2-3-12-31/h6-9,13-15H,2-5,10-12H2,1H3,(H,26,29,30). The minimum Gasteiger partial charge on any atom is -0.369 e. The molecule has 1 saturated heterocycles. The normalized spacial score (nSPS) is 13.8. The Bertz CT molecular complexity index is 1200. The minimum absolute atomic E-state index is 0.286. The van der Waals surface area contributed by atoms with Crippen molar-refractivity contribution >= 4 is 44.8 Å². The third-order valence-electron chi connectivity index (χ3n) is 5.74. The minimum atomic E-state index is 0.286. The molecule has 0 unspecified atom stereocenters. The molecule has 1 N–H and O–H groups in total. The molecule has 4 aromatic rings. The number of thiophene rings is 1. The molecule has 6 nitrogen and oxygen atoms in total. The summed E-state index contributed by atoms with van der Waals surface area (Å²) in [6.45, 7) is 5.06. The van der Waals surface area contributed by atoms with Crippen molar-refractivity contribution in [2.75, 3.05) is 29.9 Å². The molecule has 0 aliphatic carbocycles. The molecule has 1 fully saturated rings. The van der Waals surface area contributed by atoms with Crippen LogP contribution in [0.15, 0.2) is 42.7 Å². The number of nitrogens with one attached hydrogen (secondary N) is 1. The Morgan fingerprint density at radius 2 is 1.88 bits per heavy atom. The van der Waals surface area contributed by atoms with Gasteiger partial charge in [0.25, 0.3) is 0 Å². The summed E-state index contributed by atoms with van der Waals surface area (Å²) in [5.41, 5.74) is 3.31. The lowest BCUT2D eigenvalue weighted by Crippen LogP contribution is -2.19. The molecule has 32 heavy (non-hydrogen) atoms. The fourth-order valence-electron chi connectivity index (χ4n) is 4.07. The molecule has 0 radical (unpaired) electrons. The number of rotatable bonds is 7. The van der Waals surface area contributed by atoms with Crippen molar-refractivity contribution in [1.82, 2.24) is 19.9 Å². The van der Waals surface area contributed by atoms with Crippen LogP contribution in [0.25, 0.3) is 21.5 Å². The number of fused-ring (bicyclic) bond motifs is 1. The van der Waals surface area contributed by atoms with Crippen molar-refractivity contribution in [2.45, 2.75) is 32.6 Å². The smallest absolute Gasteiger partial charge is 0.225 e. The van der Waals surface area contributed by atoms with Crippen molar-refractivity contribution in [3.05, 3.63) is 58.4 Å². The fraction of sp³-hybridized carbons (Fsp3) is 0.333. The molecule has 1 aromatic carbocycles. The number of benzene rings is 1. The van der Waals surface area contributed by atoms with Crippen molar-refractivity contribution in [3.63, 3.8) is 0 Å². The first-order chi connectivity index (χ1) is 15.7. The van der Waals surface area contributed by atoms with Gasteiger partial charge < -0.3 is 10.2 Å². The van der Waals surface area contributed by atoms with Gasteiger partial charge in [0, 0.05) is 30.1 Å². The van der Waals surface area contributed by atoms with Gasteiger partial charge in [-0.1, -0.05) is 24.3 Å². The lowest BCUT2D eigenvalue weighted by molar-refractivity contribution is 0.859. The second-order valence-electron chi connectivity index (χ2n) is 8.10. The molecular weight excluding hydrogens is 440 g/mol. The number of anilines is 2. The van der Waals surface area contributed by atoms with E-state index in [1.807, 2.05) is 12.4 Å². The van der Waals surface area contributed by atoms with Gasteiger partial charge in [0.1, 0.15) is 16.5 Å². The molecule has 0 saturated carbocycles. The number of aryl methyl sites for hydroxylation is 2. The Morgan fingerprint density at radius 3 is 2.62 bits per heavy atom. The van der Waals surface area contributed by atoms with Gasteiger partial charge in [-0.25, -0.2) is 15.0 Å². The third kappa shape index (κ3) is 4.69. The summed E-state index contributed by atoms with van der Waals surface area (Å²) < 4.78 is 0. The maximum Gasteiger partial charge on any atom is 0.225 e. The van der Waals surface area contributed by atoms with Crippen LogP contribution >= 0.6 is 22.9 Å². The zero-order valence-corrected chi connectivity index (χ0v) is 19.6. The highest BCUT2D eigenvalue weighted by Crippen LogP contribution is 2.29. The maximum absolute atomic E-state index is 6.08. The molecule has 0 atom stereocenters. The quantitative estimate of drug-likeness (QED) is 0.277. The number of halogens is 1. The van der Waals surface area contributed by atoms with Crippen molar-refractivity contribution < 1.29 is 0 Å². The van der Waals surface area contributed by atoms with Crippen molar-refractivity contribution in [2.24, 2.45) is 0 Å². The molecule has 1 aliphatic heterocycles. The zero-order chi connectivity index (χ0) is 21.9. The number of hydrogen-bond donors (Lipinski definition) is 1. The van der Waals surface area contributed by atoms with Crippen LogP contribution in [0.4, 0.5) is 11.6 Å². The van der Waals surface area contributed by atoms with E-state index in [0.717, 1.165) is 65.6 Å². The van der Waals surface area contributed by atoms with E-state index in [-0.39, 0.29) is 5.28 Å². The molecule has 8 heteroatoms. The number of aromatic nitrogens is 4. The second kappa shape index (κ2) is 9.38. The van der Waals surface area contributed by atoms with E-state index < -0.39 is 0 Å². The number of hydrogen-bond acceptors (Lipinski definition) is 7. The summed E-state index contributed by atoms with van der Waals surface area (Å²) in [6, 6.07) is 10.7. The van der Waals surface area contributed by atoms with Crippen LogP contribution in [-0.2, 0) is 6.42 Å². The first-order valence-electron chi connectivity index (χ1n) is 11.0. The Morgan fingerprint density at radius 1 is 1.06 bits per heavy atom. The van der Waals surface area contributed by atoms with Gasteiger partial charge in [-0.3, -0.25) is 4.98 Å². The summed E-state index contributed by atoms with van der Waals surface area (Å²) in [5, 5.41) is 4.75. The maximum atomic E-state index is 6.08. The summed E-state index contributed by atoms with van der Waals surface area (Å²) >= 11 is 7.72. The van der Waals surface area contributed by atoms with E-state index in [0.29, 0.717) is 0 Å². The van der Waals surface area contributed by atoms with Gasteiger partial charge in [0.15, 0.2) is 0 Å². The van der Waals surface area contributed by atoms with E-state index in [4.69, 9.17) is 11.6 Å².